The quantitative estimate of drug-likeness (QED) is 0.853. The summed E-state index contributed by atoms with van der Waals surface area (Å²) in [5, 5.41) is 2.88. The number of sulfone groups is 1. The molecule has 1 amide bonds. The van der Waals surface area contributed by atoms with E-state index in [2.05, 4.69) is 24.1 Å². The molecule has 0 spiro atoms. The summed E-state index contributed by atoms with van der Waals surface area (Å²) in [6, 6.07) is 9.45. The number of hydrogen-bond acceptors (Lipinski definition) is 5. The van der Waals surface area contributed by atoms with Crippen molar-refractivity contribution in [2.24, 2.45) is 0 Å². The molecule has 1 aromatic carbocycles. The predicted octanol–water partition coefficient (Wildman–Crippen LogP) is 3.08. The Morgan fingerprint density at radius 2 is 1.93 bits per heavy atom. The lowest BCUT2D eigenvalue weighted by Crippen LogP contribution is -2.32. The van der Waals surface area contributed by atoms with Gasteiger partial charge in [0.1, 0.15) is 0 Å². The molecule has 7 heteroatoms. The molecule has 1 aliphatic heterocycles. The summed E-state index contributed by atoms with van der Waals surface area (Å²) in [6.45, 7) is 4.24. The topological polar surface area (TPSA) is 79.4 Å². The Bertz CT molecular complexity index is 924. The minimum atomic E-state index is -2.97. The lowest BCUT2D eigenvalue weighted by Gasteiger charge is -2.25. The smallest absolute Gasteiger partial charge is 0.257 e. The Morgan fingerprint density at radius 3 is 2.52 bits per heavy atom. The van der Waals surface area contributed by atoms with E-state index in [0.29, 0.717) is 17.9 Å². The number of aromatic nitrogens is 1. The van der Waals surface area contributed by atoms with Crippen LogP contribution in [0.25, 0.3) is 0 Å². The van der Waals surface area contributed by atoms with Crippen LogP contribution in [-0.4, -0.2) is 43.9 Å². The van der Waals surface area contributed by atoms with Crippen LogP contribution in [0, 0.1) is 0 Å². The van der Waals surface area contributed by atoms with Crippen LogP contribution in [-0.2, 0) is 9.84 Å². The third-order valence-electron chi connectivity index (χ3n) is 4.98. The fraction of sp³-hybridized carbons (Fsp3) is 0.400. The Labute approximate surface area is 160 Å². The minimum absolute atomic E-state index is 0.0845. The number of carbonyl (C=O) groups excluding carboxylic acids is 1. The second kappa shape index (κ2) is 7.68. The van der Waals surface area contributed by atoms with Gasteiger partial charge in [0.15, 0.2) is 9.84 Å². The van der Waals surface area contributed by atoms with Gasteiger partial charge in [-0.25, -0.2) is 8.42 Å². The zero-order valence-corrected chi connectivity index (χ0v) is 16.7. The Kier molecular flexibility index (Phi) is 5.51. The SMILES string of the molecule is CC(C)c1ccc(NC(=O)c2cncc(N(C)C3CCS(=O)(=O)C3)c2)cc1. The maximum Gasteiger partial charge on any atom is 0.257 e. The second-order valence-corrected chi connectivity index (χ2v) is 9.56. The highest BCUT2D eigenvalue weighted by atomic mass is 32.2. The number of anilines is 2. The van der Waals surface area contributed by atoms with E-state index in [-0.39, 0.29) is 23.5 Å². The average molecular weight is 388 g/mol. The second-order valence-electron chi connectivity index (χ2n) is 7.33. The third-order valence-corrected chi connectivity index (χ3v) is 6.73. The first kappa shape index (κ1) is 19.4. The monoisotopic (exact) mass is 387 g/mol. The first-order chi connectivity index (χ1) is 12.7. The van der Waals surface area contributed by atoms with Crippen LogP contribution >= 0.6 is 0 Å². The van der Waals surface area contributed by atoms with Gasteiger partial charge in [0.2, 0.25) is 0 Å². The van der Waals surface area contributed by atoms with Gasteiger partial charge in [0.25, 0.3) is 5.91 Å². The predicted molar refractivity (Wildman–Crippen MR) is 108 cm³/mol. The number of benzene rings is 1. The third kappa shape index (κ3) is 4.66. The molecular formula is C20H25N3O3S. The molecule has 3 rings (SSSR count). The molecule has 144 valence electrons. The van der Waals surface area contributed by atoms with Crippen LogP contribution in [0.15, 0.2) is 42.7 Å². The number of carbonyl (C=O) groups is 1. The highest BCUT2D eigenvalue weighted by molar-refractivity contribution is 7.91. The Balaban J connectivity index is 1.72. The van der Waals surface area contributed by atoms with Gasteiger partial charge in [-0.3, -0.25) is 9.78 Å². The van der Waals surface area contributed by atoms with Crippen molar-refractivity contribution in [3.63, 3.8) is 0 Å². The van der Waals surface area contributed by atoms with Gasteiger partial charge in [-0.1, -0.05) is 26.0 Å². The van der Waals surface area contributed by atoms with Crippen molar-refractivity contribution < 1.29 is 13.2 Å². The van der Waals surface area contributed by atoms with E-state index in [9.17, 15) is 13.2 Å². The molecule has 0 saturated carbocycles. The Morgan fingerprint density at radius 1 is 1.22 bits per heavy atom. The highest BCUT2D eigenvalue weighted by Gasteiger charge is 2.31. The van der Waals surface area contributed by atoms with Crippen molar-refractivity contribution in [3.8, 4) is 0 Å². The summed E-state index contributed by atoms with van der Waals surface area (Å²) in [5.41, 5.74) is 3.11. The number of nitrogens with one attached hydrogen (secondary N) is 1. The zero-order valence-electron chi connectivity index (χ0n) is 15.8. The summed E-state index contributed by atoms with van der Waals surface area (Å²) in [6.07, 6.45) is 3.76. The molecule has 1 aromatic heterocycles. The highest BCUT2D eigenvalue weighted by Crippen LogP contribution is 2.23. The molecule has 1 unspecified atom stereocenters. The van der Waals surface area contributed by atoms with Crippen LogP contribution in [0.3, 0.4) is 0 Å². The van der Waals surface area contributed by atoms with E-state index in [4.69, 9.17) is 0 Å². The molecule has 27 heavy (non-hydrogen) atoms. The van der Waals surface area contributed by atoms with Crippen molar-refractivity contribution in [2.45, 2.75) is 32.2 Å². The first-order valence-corrected chi connectivity index (χ1v) is 10.9. The van der Waals surface area contributed by atoms with Crippen molar-refractivity contribution in [2.75, 3.05) is 28.8 Å². The summed E-state index contributed by atoms with van der Waals surface area (Å²) in [7, 11) is -1.12. The average Bonchev–Trinajstić information content (AvgIpc) is 3.01. The van der Waals surface area contributed by atoms with E-state index in [1.165, 1.54) is 11.8 Å². The van der Waals surface area contributed by atoms with Gasteiger partial charge >= 0.3 is 0 Å². The zero-order chi connectivity index (χ0) is 19.6. The van der Waals surface area contributed by atoms with Crippen LogP contribution < -0.4 is 10.2 Å². The van der Waals surface area contributed by atoms with Gasteiger partial charge < -0.3 is 10.2 Å². The van der Waals surface area contributed by atoms with Gasteiger partial charge in [-0.15, -0.1) is 0 Å². The maximum absolute atomic E-state index is 12.6. The normalized spacial score (nSPS) is 18.4. The van der Waals surface area contributed by atoms with Crippen LogP contribution in [0.1, 0.15) is 42.1 Å². The van der Waals surface area contributed by atoms with Gasteiger partial charge in [-0.05, 0) is 36.1 Å². The largest absolute Gasteiger partial charge is 0.369 e. The summed E-state index contributed by atoms with van der Waals surface area (Å²) in [5.74, 6) is 0.545. The fourth-order valence-electron chi connectivity index (χ4n) is 3.19. The van der Waals surface area contributed by atoms with Gasteiger partial charge in [-0.2, -0.15) is 0 Å². The molecule has 0 radical (unpaired) electrons. The van der Waals surface area contributed by atoms with Crippen molar-refractivity contribution in [1.29, 1.82) is 0 Å². The molecule has 6 nitrogen and oxygen atoms in total. The molecule has 1 atom stereocenters. The standard InChI is InChI=1S/C20H25N3O3S/c1-14(2)15-4-6-17(7-5-15)22-20(24)16-10-19(12-21-11-16)23(3)18-8-9-27(25,26)13-18/h4-7,10-12,14,18H,8-9,13H2,1-3H3,(H,22,24). The molecular weight excluding hydrogens is 362 g/mol. The molecule has 0 aliphatic carbocycles. The van der Waals surface area contributed by atoms with Gasteiger partial charge in [0, 0.05) is 25.0 Å². The van der Waals surface area contributed by atoms with Crippen LogP contribution in [0.4, 0.5) is 11.4 Å². The number of rotatable bonds is 5. The van der Waals surface area contributed by atoms with Gasteiger partial charge in [0.05, 0.1) is 29.0 Å². The summed E-state index contributed by atoms with van der Waals surface area (Å²) in [4.78, 5) is 18.6. The van der Waals surface area contributed by atoms with Crippen LogP contribution in [0.2, 0.25) is 0 Å². The lowest BCUT2D eigenvalue weighted by atomic mass is 10.0. The molecule has 0 bridgehead atoms. The van der Waals surface area contributed by atoms with Crippen molar-refractivity contribution in [3.05, 3.63) is 53.9 Å². The molecule has 1 N–H and O–H groups in total. The molecule has 1 fully saturated rings. The summed E-state index contributed by atoms with van der Waals surface area (Å²) < 4.78 is 23.4. The van der Waals surface area contributed by atoms with Crippen molar-refractivity contribution in [1.82, 2.24) is 4.98 Å². The number of hydrogen-bond donors (Lipinski definition) is 1. The molecule has 2 aromatic rings. The number of nitrogens with zero attached hydrogens (tertiary/aromatic N) is 2. The first-order valence-electron chi connectivity index (χ1n) is 9.05. The van der Waals surface area contributed by atoms with E-state index < -0.39 is 9.84 Å². The van der Waals surface area contributed by atoms with E-state index in [1.54, 1.807) is 12.3 Å². The fourth-order valence-corrected chi connectivity index (χ4v) is 4.97. The number of amides is 1. The lowest BCUT2D eigenvalue weighted by molar-refractivity contribution is 0.102. The minimum Gasteiger partial charge on any atom is -0.369 e. The van der Waals surface area contributed by atoms with Crippen molar-refractivity contribution >= 4 is 27.1 Å². The van der Waals surface area contributed by atoms with Crippen LogP contribution in [0.5, 0.6) is 0 Å². The van der Waals surface area contributed by atoms with E-state index in [0.717, 1.165) is 11.4 Å². The molecule has 1 saturated heterocycles. The summed E-state index contributed by atoms with van der Waals surface area (Å²) >= 11 is 0. The molecule has 1 aliphatic rings. The Hall–Kier alpha value is -2.41. The van der Waals surface area contributed by atoms with E-state index in [1.807, 2.05) is 36.2 Å². The molecule has 2 heterocycles. The van der Waals surface area contributed by atoms with E-state index >= 15 is 0 Å². The maximum atomic E-state index is 12.6. The number of pyridine rings is 1.